The van der Waals surface area contributed by atoms with Crippen LogP contribution in [0.2, 0.25) is 0 Å². The van der Waals surface area contributed by atoms with E-state index in [1.54, 1.807) is 11.3 Å². The molecule has 0 saturated carbocycles. The van der Waals surface area contributed by atoms with Gasteiger partial charge >= 0.3 is 0 Å². The molecule has 0 fully saturated rings. The molecule has 21 heavy (non-hydrogen) atoms. The number of benzene rings is 2. The number of hydrogen-bond acceptors (Lipinski definition) is 3. The van der Waals surface area contributed by atoms with E-state index in [0.717, 1.165) is 32.6 Å². The topological polar surface area (TPSA) is 33.4 Å². The minimum Gasteiger partial charge on any atom is -0.461 e. The second-order valence-electron chi connectivity index (χ2n) is 5.16. The zero-order chi connectivity index (χ0) is 14.4. The average Bonchev–Trinajstić information content (AvgIpc) is 3.09. The van der Waals surface area contributed by atoms with E-state index in [1.165, 1.54) is 5.39 Å². The van der Waals surface area contributed by atoms with Gasteiger partial charge in [0.2, 0.25) is 0 Å². The lowest BCUT2D eigenvalue weighted by molar-refractivity contribution is 0.221. The molecule has 0 bridgehead atoms. The van der Waals surface area contributed by atoms with Crippen molar-refractivity contribution in [2.75, 3.05) is 0 Å². The first-order valence-corrected chi connectivity index (χ1v) is 7.76. The van der Waals surface area contributed by atoms with Crippen molar-refractivity contribution in [3.05, 3.63) is 70.8 Å². The third-order valence-corrected chi connectivity index (χ3v) is 4.88. The van der Waals surface area contributed by atoms with Crippen LogP contribution in [0.25, 0.3) is 21.1 Å². The third-order valence-electron chi connectivity index (χ3n) is 3.90. The van der Waals surface area contributed by atoms with Gasteiger partial charge in [0.05, 0.1) is 0 Å². The van der Waals surface area contributed by atoms with Crippen LogP contribution < -0.4 is 0 Å². The Labute approximate surface area is 126 Å². The fourth-order valence-corrected chi connectivity index (χ4v) is 3.85. The molecule has 0 spiro atoms. The lowest BCUT2D eigenvalue weighted by Crippen LogP contribution is -2.00. The number of aryl methyl sites for hydroxylation is 1. The fraction of sp³-hybridized carbons (Fsp3) is 0.111. The molecular weight excluding hydrogens is 280 g/mol. The number of hydrogen-bond donors (Lipinski definition) is 1. The van der Waals surface area contributed by atoms with E-state index in [9.17, 15) is 5.11 Å². The molecule has 0 saturated heterocycles. The molecule has 2 heterocycles. The number of fused-ring (bicyclic) bond motifs is 2. The van der Waals surface area contributed by atoms with Crippen LogP contribution in [0.1, 0.15) is 23.0 Å². The van der Waals surface area contributed by atoms with Crippen LogP contribution in [0.15, 0.2) is 58.3 Å². The number of aliphatic hydroxyl groups is 1. The highest BCUT2D eigenvalue weighted by Crippen LogP contribution is 2.37. The first-order valence-electron chi connectivity index (χ1n) is 6.88. The number of rotatable bonds is 2. The summed E-state index contributed by atoms with van der Waals surface area (Å²) in [6.45, 7) is 1.91. The molecule has 4 aromatic rings. The summed E-state index contributed by atoms with van der Waals surface area (Å²) in [6, 6.07) is 16.0. The van der Waals surface area contributed by atoms with Gasteiger partial charge in [-0.05, 0) is 29.8 Å². The monoisotopic (exact) mass is 294 g/mol. The molecule has 104 valence electrons. The number of furan rings is 1. The quantitative estimate of drug-likeness (QED) is 0.562. The standard InChI is InChI=1S/C18H14O2S/c1-11-16(13-6-2-3-8-15(13)20-11)17(19)14-7-4-5-12-9-10-21-18(12)14/h2-10,17,19H,1H3. The molecule has 0 amide bonds. The Morgan fingerprint density at radius 1 is 1.05 bits per heavy atom. The van der Waals surface area contributed by atoms with Crippen LogP contribution >= 0.6 is 11.3 Å². The Balaban J connectivity index is 1.96. The van der Waals surface area contributed by atoms with E-state index >= 15 is 0 Å². The summed E-state index contributed by atoms with van der Waals surface area (Å²) in [4.78, 5) is 0. The molecule has 0 aliphatic carbocycles. The van der Waals surface area contributed by atoms with Crippen LogP contribution in [0.5, 0.6) is 0 Å². The molecular formula is C18H14O2S. The second kappa shape index (κ2) is 4.72. The largest absolute Gasteiger partial charge is 0.461 e. The lowest BCUT2D eigenvalue weighted by atomic mass is 9.98. The van der Waals surface area contributed by atoms with Crippen LogP contribution in [-0.2, 0) is 0 Å². The van der Waals surface area contributed by atoms with Crippen LogP contribution in [-0.4, -0.2) is 5.11 Å². The second-order valence-corrected chi connectivity index (χ2v) is 6.07. The molecule has 3 heteroatoms. The molecule has 0 aliphatic heterocycles. The molecule has 1 atom stereocenters. The third kappa shape index (κ3) is 1.89. The lowest BCUT2D eigenvalue weighted by Gasteiger charge is -2.12. The summed E-state index contributed by atoms with van der Waals surface area (Å²) in [5.41, 5.74) is 2.63. The van der Waals surface area contributed by atoms with Gasteiger partial charge in [0.25, 0.3) is 0 Å². The van der Waals surface area contributed by atoms with Gasteiger partial charge in [-0.2, -0.15) is 0 Å². The average molecular weight is 294 g/mol. The van der Waals surface area contributed by atoms with Crippen molar-refractivity contribution >= 4 is 32.4 Å². The predicted molar refractivity (Wildman–Crippen MR) is 86.8 cm³/mol. The first kappa shape index (κ1) is 12.6. The maximum atomic E-state index is 10.9. The summed E-state index contributed by atoms with van der Waals surface area (Å²) >= 11 is 1.66. The van der Waals surface area contributed by atoms with Crippen LogP contribution in [0.3, 0.4) is 0 Å². The van der Waals surface area contributed by atoms with Crippen molar-refractivity contribution in [3.63, 3.8) is 0 Å². The van der Waals surface area contributed by atoms with Crippen molar-refractivity contribution in [1.82, 2.24) is 0 Å². The van der Waals surface area contributed by atoms with Gasteiger partial charge in [-0.25, -0.2) is 0 Å². The molecule has 0 radical (unpaired) electrons. The van der Waals surface area contributed by atoms with Gasteiger partial charge in [0.15, 0.2) is 0 Å². The Morgan fingerprint density at radius 3 is 2.81 bits per heavy atom. The fourth-order valence-electron chi connectivity index (χ4n) is 2.91. The molecule has 4 rings (SSSR count). The maximum Gasteiger partial charge on any atom is 0.134 e. The van der Waals surface area contributed by atoms with Crippen molar-refractivity contribution in [2.24, 2.45) is 0 Å². The van der Waals surface area contributed by atoms with E-state index in [-0.39, 0.29) is 0 Å². The van der Waals surface area contributed by atoms with Crippen LogP contribution in [0, 0.1) is 6.92 Å². The summed E-state index contributed by atoms with van der Waals surface area (Å²) in [5.74, 6) is 0.775. The van der Waals surface area contributed by atoms with E-state index < -0.39 is 6.10 Å². The Hall–Kier alpha value is -2.10. The van der Waals surface area contributed by atoms with Gasteiger partial charge in [0.1, 0.15) is 17.4 Å². The molecule has 2 nitrogen and oxygen atoms in total. The van der Waals surface area contributed by atoms with Gasteiger partial charge in [-0.3, -0.25) is 0 Å². The Morgan fingerprint density at radius 2 is 1.90 bits per heavy atom. The Kier molecular flexibility index (Phi) is 2.84. The summed E-state index contributed by atoms with van der Waals surface area (Å²) in [5, 5.41) is 15.1. The van der Waals surface area contributed by atoms with E-state index in [0.29, 0.717) is 0 Å². The zero-order valence-electron chi connectivity index (χ0n) is 11.5. The summed E-state index contributed by atoms with van der Waals surface area (Å²) in [7, 11) is 0. The Bertz CT molecular complexity index is 933. The van der Waals surface area contributed by atoms with Crippen molar-refractivity contribution in [3.8, 4) is 0 Å². The molecule has 1 unspecified atom stereocenters. The highest BCUT2D eigenvalue weighted by molar-refractivity contribution is 7.17. The summed E-state index contributed by atoms with van der Waals surface area (Å²) in [6.07, 6.45) is -0.670. The van der Waals surface area contributed by atoms with E-state index in [4.69, 9.17) is 4.42 Å². The van der Waals surface area contributed by atoms with E-state index in [1.807, 2.05) is 43.3 Å². The van der Waals surface area contributed by atoms with Gasteiger partial charge in [0, 0.05) is 21.2 Å². The smallest absolute Gasteiger partial charge is 0.134 e. The number of para-hydroxylation sites is 1. The molecule has 0 aliphatic rings. The summed E-state index contributed by atoms with van der Waals surface area (Å²) < 4.78 is 6.91. The van der Waals surface area contributed by atoms with Crippen LogP contribution in [0.4, 0.5) is 0 Å². The predicted octanol–water partition coefficient (Wildman–Crippen LogP) is 5.04. The molecule has 1 N–H and O–H groups in total. The van der Waals surface area contributed by atoms with Gasteiger partial charge < -0.3 is 9.52 Å². The highest BCUT2D eigenvalue weighted by atomic mass is 32.1. The molecule has 2 aromatic heterocycles. The van der Waals surface area contributed by atoms with Crippen molar-refractivity contribution in [1.29, 1.82) is 0 Å². The minimum absolute atomic E-state index is 0.670. The molecule has 2 aromatic carbocycles. The SMILES string of the molecule is Cc1oc2ccccc2c1C(O)c1cccc2ccsc12. The minimum atomic E-state index is -0.670. The van der Waals surface area contributed by atoms with Crippen molar-refractivity contribution < 1.29 is 9.52 Å². The normalized spacial score (nSPS) is 13.0. The van der Waals surface area contributed by atoms with Crippen molar-refractivity contribution in [2.45, 2.75) is 13.0 Å². The zero-order valence-corrected chi connectivity index (χ0v) is 12.4. The van der Waals surface area contributed by atoms with Gasteiger partial charge in [-0.15, -0.1) is 11.3 Å². The highest BCUT2D eigenvalue weighted by Gasteiger charge is 2.21. The number of aliphatic hydroxyl groups excluding tert-OH is 1. The first-order chi connectivity index (χ1) is 10.3. The van der Waals surface area contributed by atoms with Gasteiger partial charge in [-0.1, -0.05) is 36.4 Å². The number of thiophene rings is 1. The maximum absolute atomic E-state index is 10.9. The van der Waals surface area contributed by atoms with E-state index in [2.05, 4.69) is 17.5 Å².